The number of nitrogens with one attached hydrogen (secondary N) is 1. The van der Waals surface area contributed by atoms with Crippen LogP contribution in [0.2, 0.25) is 0 Å². The molecule has 0 amide bonds. The number of anilines is 1. The van der Waals surface area contributed by atoms with Gasteiger partial charge in [-0.3, -0.25) is 4.79 Å². The van der Waals surface area contributed by atoms with Crippen LogP contribution in [0.25, 0.3) is 0 Å². The summed E-state index contributed by atoms with van der Waals surface area (Å²) in [6.07, 6.45) is -4.75. The van der Waals surface area contributed by atoms with E-state index in [1.54, 1.807) is 13.8 Å². The third kappa shape index (κ3) is 4.71. The summed E-state index contributed by atoms with van der Waals surface area (Å²) in [5, 5.41) is 2.70. The number of halogens is 4. The third-order valence-electron chi connectivity index (χ3n) is 2.46. The second kappa shape index (κ2) is 6.58. The third-order valence-corrected chi connectivity index (χ3v) is 2.46. The van der Waals surface area contributed by atoms with Crippen molar-refractivity contribution in [2.24, 2.45) is 0 Å². The van der Waals surface area contributed by atoms with E-state index in [-0.39, 0.29) is 18.7 Å². The van der Waals surface area contributed by atoms with Gasteiger partial charge in [-0.25, -0.2) is 4.39 Å². The highest BCUT2D eigenvalue weighted by Gasteiger charge is 2.34. The van der Waals surface area contributed by atoms with E-state index < -0.39 is 29.6 Å². The van der Waals surface area contributed by atoms with E-state index in [9.17, 15) is 22.4 Å². The maximum atomic E-state index is 13.1. The molecule has 112 valence electrons. The van der Waals surface area contributed by atoms with Gasteiger partial charge in [0.1, 0.15) is 5.82 Å². The van der Waals surface area contributed by atoms with Gasteiger partial charge in [0.25, 0.3) is 0 Å². The van der Waals surface area contributed by atoms with E-state index in [4.69, 9.17) is 4.74 Å². The number of rotatable bonds is 5. The number of benzene rings is 1. The number of carbonyl (C=O) groups is 1. The molecule has 0 aliphatic rings. The molecular formula is C13H15F4NO2. The van der Waals surface area contributed by atoms with Crippen molar-refractivity contribution in [3.8, 4) is 0 Å². The van der Waals surface area contributed by atoms with E-state index in [0.717, 1.165) is 6.07 Å². The topological polar surface area (TPSA) is 38.3 Å². The van der Waals surface area contributed by atoms with Crippen molar-refractivity contribution < 1.29 is 27.1 Å². The van der Waals surface area contributed by atoms with E-state index in [0.29, 0.717) is 6.07 Å². The van der Waals surface area contributed by atoms with Gasteiger partial charge in [0.2, 0.25) is 0 Å². The van der Waals surface area contributed by atoms with Crippen molar-refractivity contribution in [3.05, 3.63) is 29.6 Å². The summed E-state index contributed by atoms with van der Waals surface area (Å²) < 4.78 is 55.4. The van der Waals surface area contributed by atoms with E-state index in [1.807, 2.05) is 0 Å². The van der Waals surface area contributed by atoms with Gasteiger partial charge >= 0.3 is 12.1 Å². The van der Waals surface area contributed by atoms with Crippen molar-refractivity contribution in [3.63, 3.8) is 0 Å². The summed E-state index contributed by atoms with van der Waals surface area (Å²) in [5.41, 5.74) is -1.25. The van der Waals surface area contributed by atoms with Crippen molar-refractivity contribution in [2.45, 2.75) is 32.5 Å². The highest BCUT2D eigenvalue weighted by molar-refractivity contribution is 5.70. The Labute approximate surface area is 113 Å². The maximum absolute atomic E-state index is 13.1. The van der Waals surface area contributed by atoms with Gasteiger partial charge in [0.05, 0.1) is 18.6 Å². The average molecular weight is 293 g/mol. The molecule has 1 N–H and O–H groups in total. The van der Waals surface area contributed by atoms with Gasteiger partial charge in [0, 0.05) is 11.7 Å². The fourth-order valence-electron chi connectivity index (χ4n) is 1.64. The SMILES string of the molecule is CCOC(=O)CC(C)Nc1ccc(F)c(C(F)(F)F)c1. The first kappa shape index (κ1) is 16.3. The normalized spacial score (nSPS) is 12.9. The number of hydrogen-bond acceptors (Lipinski definition) is 3. The number of esters is 1. The smallest absolute Gasteiger partial charge is 0.419 e. The van der Waals surface area contributed by atoms with Crippen LogP contribution in [-0.4, -0.2) is 18.6 Å². The minimum atomic E-state index is -4.76. The highest BCUT2D eigenvalue weighted by atomic mass is 19.4. The Morgan fingerprint density at radius 2 is 2.05 bits per heavy atom. The van der Waals surface area contributed by atoms with Crippen LogP contribution in [0.4, 0.5) is 23.2 Å². The monoisotopic (exact) mass is 293 g/mol. The Bertz CT molecular complexity index is 474. The van der Waals surface area contributed by atoms with E-state index in [2.05, 4.69) is 5.32 Å². The number of ether oxygens (including phenoxy) is 1. The molecule has 0 aliphatic carbocycles. The fourth-order valence-corrected chi connectivity index (χ4v) is 1.64. The zero-order valence-electron chi connectivity index (χ0n) is 11.1. The molecule has 0 spiro atoms. The van der Waals surface area contributed by atoms with Crippen molar-refractivity contribution in [1.29, 1.82) is 0 Å². The fraction of sp³-hybridized carbons (Fsp3) is 0.462. The van der Waals surface area contributed by atoms with Crippen molar-refractivity contribution in [1.82, 2.24) is 0 Å². The molecule has 1 aromatic rings. The van der Waals surface area contributed by atoms with E-state index in [1.165, 1.54) is 6.07 Å². The molecule has 1 atom stereocenters. The molecule has 0 fully saturated rings. The molecular weight excluding hydrogens is 278 g/mol. The predicted molar refractivity (Wildman–Crippen MR) is 65.7 cm³/mol. The summed E-state index contributed by atoms with van der Waals surface area (Å²) in [4.78, 5) is 11.2. The van der Waals surface area contributed by atoms with Crippen LogP contribution in [0.1, 0.15) is 25.8 Å². The maximum Gasteiger partial charge on any atom is 0.419 e. The number of carbonyl (C=O) groups excluding carboxylic acids is 1. The van der Waals surface area contributed by atoms with Crippen molar-refractivity contribution in [2.75, 3.05) is 11.9 Å². The molecule has 0 heterocycles. The quantitative estimate of drug-likeness (QED) is 0.666. The standard InChI is InChI=1S/C13H15F4NO2/c1-3-20-12(19)6-8(2)18-9-4-5-11(14)10(7-9)13(15,16)17/h4-5,7-8,18H,3,6H2,1-2H3. The predicted octanol–water partition coefficient (Wildman–Crippen LogP) is 3.60. The van der Waals surface area contributed by atoms with Crippen molar-refractivity contribution >= 4 is 11.7 Å². The molecule has 0 saturated carbocycles. The molecule has 1 unspecified atom stereocenters. The highest BCUT2D eigenvalue weighted by Crippen LogP contribution is 2.33. The number of hydrogen-bond donors (Lipinski definition) is 1. The van der Waals surface area contributed by atoms with Gasteiger partial charge < -0.3 is 10.1 Å². The molecule has 0 radical (unpaired) electrons. The molecule has 0 aliphatic heterocycles. The average Bonchev–Trinajstić information content (AvgIpc) is 2.30. The minimum absolute atomic E-state index is 0.00652. The molecule has 3 nitrogen and oxygen atoms in total. The molecule has 1 aromatic carbocycles. The first-order valence-electron chi connectivity index (χ1n) is 6.03. The lowest BCUT2D eigenvalue weighted by Crippen LogP contribution is -2.21. The van der Waals surface area contributed by atoms with Crippen LogP contribution < -0.4 is 5.32 Å². The summed E-state index contributed by atoms with van der Waals surface area (Å²) in [5.74, 6) is -1.79. The summed E-state index contributed by atoms with van der Waals surface area (Å²) >= 11 is 0. The van der Waals surface area contributed by atoms with Crippen LogP contribution in [0, 0.1) is 5.82 Å². The molecule has 0 bridgehead atoms. The Morgan fingerprint density at radius 1 is 1.40 bits per heavy atom. The zero-order chi connectivity index (χ0) is 15.3. The summed E-state index contributed by atoms with van der Waals surface area (Å²) in [7, 11) is 0. The first-order valence-corrected chi connectivity index (χ1v) is 6.03. The second-order valence-electron chi connectivity index (χ2n) is 4.25. The molecule has 0 saturated heterocycles. The lowest BCUT2D eigenvalue weighted by molar-refractivity contribution is -0.143. The summed E-state index contributed by atoms with van der Waals surface area (Å²) in [6, 6.07) is 2.17. The molecule has 0 aromatic heterocycles. The van der Waals surface area contributed by atoms with Crippen LogP contribution >= 0.6 is 0 Å². The Balaban J connectivity index is 2.76. The van der Waals surface area contributed by atoms with Gasteiger partial charge in [-0.2, -0.15) is 13.2 Å². The lowest BCUT2D eigenvalue weighted by atomic mass is 10.1. The largest absolute Gasteiger partial charge is 0.466 e. The van der Waals surface area contributed by atoms with E-state index >= 15 is 0 Å². The van der Waals surface area contributed by atoms with Gasteiger partial charge in [-0.1, -0.05) is 0 Å². The summed E-state index contributed by atoms with van der Waals surface area (Å²) in [6.45, 7) is 3.51. The van der Waals surface area contributed by atoms with Gasteiger partial charge in [-0.15, -0.1) is 0 Å². The second-order valence-corrected chi connectivity index (χ2v) is 4.25. The lowest BCUT2D eigenvalue weighted by Gasteiger charge is -2.16. The molecule has 7 heteroatoms. The first-order chi connectivity index (χ1) is 9.24. The minimum Gasteiger partial charge on any atom is -0.466 e. The Hall–Kier alpha value is -1.79. The molecule has 1 rings (SSSR count). The molecule has 20 heavy (non-hydrogen) atoms. The Kier molecular flexibility index (Phi) is 5.35. The van der Waals surface area contributed by atoms with Crippen LogP contribution in [0.5, 0.6) is 0 Å². The van der Waals surface area contributed by atoms with Gasteiger partial charge in [-0.05, 0) is 32.0 Å². The Morgan fingerprint density at radius 3 is 2.60 bits per heavy atom. The van der Waals surface area contributed by atoms with Gasteiger partial charge in [0.15, 0.2) is 0 Å². The zero-order valence-corrected chi connectivity index (χ0v) is 11.1. The van der Waals surface area contributed by atoms with Crippen LogP contribution in [-0.2, 0) is 15.7 Å². The van der Waals surface area contributed by atoms with Crippen LogP contribution in [0.15, 0.2) is 18.2 Å². The van der Waals surface area contributed by atoms with Crippen LogP contribution in [0.3, 0.4) is 0 Å². The number of alkyl halides is 3.